The highest BCUT2D eigenvalue weighted by Gasteiger charge is 2.13. The van der Waals surface area contributed by atoms with Gasteiger partial charge in [-0.15, -0.1) is 16.4 Å². The molecule has 0 radical (unpaired) electrons. The van der Waals surface area contributed by atoms with E-state index in [0.29, 0.717) is 39.6 Å². The molecule has 0 atom stereocenters. The van der Waals surface area contributed by atoms with Crippen molar-refractivity contribution >= 4 is 28.9 Å². The van der Waals surface area contributed by atoms with E-state index in [1.807, 2.05) is 29.8 Å². The molecule has 1 aromatic carbocycles. The van der Waals surface area contributed by atoms with Crippen LogP contribution in [0.2, 0.25) is 4.47 Å². The molecule has 0 spiro atoms. The first-order chi connectivity index (χ1) is 14.6. The van der Waals surface area contributed by atoms with Gasteiger partial charge in [0.05, 0.1) is 41.5 Å². The Kier molecular flexibility index (Phi) is 5.97. The lowest BCUT2D eigenvalue weighted by Gasteiger charge is -2.08. The Morgan fingerprint density at radius 2 is 2.03 bits per heavy atom. The van der Waals surface area contributed by atoms with Crippen LogP contribution in [0.4, 0.5) is 5.95 Å². The van der Waals surface area contributed by atoms with Crippen LogP contribution in [-0.4, -0.2) is 36.5 Å². The Morgan fingerprint density at radius 1 is 1.17 bits per heavy atom. The average Bonchev–Trinajstić information content (AvgIpc) is 3.41. The van der Waals surface area contributed by atoms with Crippen LogP contribution in [0, 0.1) is 11.3 Å². The molecule has 0 saturated carbocycles. The minimum Gasteiger partial charge on any atom is -0.354 e. The summed E-state index contributed by atoms with van der Waals surface area (Å²) in [6, 6.07) is 11.3. The third kappa shape index (κ3) is 4.62. The van der Waals surface area contributed by atoms with E-state index in [0.717, 1.165) is 24.2 Å². The van der Waals surface area contributed by atoms with Crippen LogP contribution in [-0.2, 0) is 6.54 Å². The van der Waals surface area contributed by atoms with E-state index in [4.69, 9.17) is 11.6 Å². The lowest BCUT2D eigenvalue weighted by Crippen LogP contribution is -2.06. The number of nitriles is 1. The minimum absolute atomic E-state index is 0.472. The van der Waals surface area contributed by atoms with Crippen molar-refractivity contribution in [1.29, 1.82) is 5.26 Å². The number of hydrogen-bond donors (Lipinski definition) is 1. The third-order valence-electron chi connectivity index (χ3n) is 4.20. The molecule has 0 unspecified atom stereocenters. The summed E-state index contributed by atoms with van der Waals surface area (Å²) in [6.45, 7) is 3.29. The number of halogens is 1. The molecule has 0 aliphatic carbocycles. The Bertz CT molecular complexity index is 1210. The van der Waals surface area contributed by atoms with Gasteiger partial charge in [0, 0.05) is 17.5 Å². The molecule has 30 heavy (non-hydrogen) atoms. The Morgan fingerprint density at radius 3 is 2.80 bits per heavy atom. The first kappa shape index (κ1) is 19.9. The lowest BCUT2D eigenvalue weighted by atomic mass is 10.1. The maximum atomic E-state index is 9.21. The van der Waals surface area contributed by atoms with Crippen molar-refractivity contribution in [2.45, 2.75) is 19.9 Å². The van der Waals surface area contributed by atoms with Crippen LogP contribution >= 0.6 is 22.9 Å². The average molecular weight is 437 g/mol. The molecule has 0 fully saturated rings. The number of thiazole rings is 1. The summed E-state index contributed by atoms with van der Waals surface area (Å²) in [4.78, 5) is 13.4. The van der Waals surface area contributed by atoms with E-state index in [1.54, 1.807) is 16.8 Å². The quantitative estimate of drug-likeness (QED) is 0.461. The predicted octanol–water partition coefficient (Wildman–Crippen LogP) is 4.25. The number of nitrogens with one attached hydrogen (secondary N) is 1. The summed E-state index contributed by atoms with van der Waals surface area (Å²) in [5.74, 6) is 0.507. The van der Waals surface area contributed by atoms with Crippen molar-refractivity contribution in [3.05, 3.63) is 57.6 Å². The third-order valence-corrected chi connectivity index (χ3v) is 5.22. The largest absolute Gasteiger partial charge is 0.354 e. The molecule has 1 N–H and O–H groups in total. The van der Waals surface area contributed by atoms with E-state index in [-0.39, 0.29) is 0 Å². The van der Waals surface area contributed by atoms with Gasteiger partial charge >= 0.3 is 0 Å². The van der Waals surface area contributed by atoms with E-state index in [9.17, 15) is 5.26 Å². The normalized spacial score (nSPS) is 10.7. The van der Waals surface area contributed by atoms with Crippen molar-refractivity contribution < 1.29 is 0 Å². The molecular formula is C20H17ClN8S. The molecule has 4 aromatic rings. The van der Waals surface area contributed by atoms with Gasteiger partial charge in [-0.25, -0.2) is 19.6 Å². The van der Waals surface area contributed by atoms with Crippen LogP contribution in [0.15, 0.2) is 41.9 Å². The van der Waals surface area contributed by atoms with Crippen molar-refractivity contribution in [2.24, 2.45) is 0 Å². The van der Waals surface area contributed by atoms with Crippen molar-refractivity contribution in [1.82, 2.24) is 29.9 Å². The minimum atomic E-state index is 0.472. The summed E-state index contributed by atoms with van der Waals surface area (Å²) >= 11 is 7.28. The highest BCUT2D eigenvalue weighted by molar-refractivity contribution is 7.13. The summed E-state index contributed by atoms with van der Waals surface area (Å²) in [5.41, 5.74) is 4.20. The van der Waals surface area contributed by atoms with E-state index < -0.39 is 0 Å². The molecule has 0 bridgehead atoms. The van der Waals surface area contributed by atoms with Crippen LogP contribution in [0.25, 0.3) is 22.6 Å². The molecule has 0 amide bonds. The van der Waals surface area contributed by atoms with E-state index in [2.05, 4.69) is 43.6 Å². The lowest BCUT2D eigenvalue weighted by molar-refractivity contribution is 0.641. The summed E-state index contributed by atoms with van der Waals surface area (Å²) in [7, 11) is 0. The van der Waals surface area contributed by atoms with Gasteiger partial charge in [-0.05, 0) is 24.6 Å². The zero-order valence-corrected chi connectivity index (χ0v) is 17.7. The van der Waals surface area contributed by atoms with Crippen LogP contribution < -0.4 is 5.32 Å². The van der Waals surface area contributed by atoms with Gasteiger partial charge in [-0.3, -0.25) is 0 Å². The fourth-order valence-electron chi connectivity index (χ4n) is 2.80. The number of rotatable bonds is 7. The Labute approximate surface area is 182 Å². The number of hydrogen-bond acceptors (Lipinski definition) is 8. The van der Waals surface area contributed by atoms with Gasteiger partial charge in [0.15, 0.2) is 4.47 Å². The molecule has 8 nitrogen and oxygen atoms in total. The van der Waals surface area contributed by atoms with Gasteiger partial charge in [-0.2, -0.15) is 5.26 Å². The molecule has 3 heterocycles. The van der Waals surface area contributed by atoms with Crippen LogP contribution in [0.5, 0.6) is 0 Å². The van der Waals surface area contributed by atoms with Gasteiger partial charge in [0.2, 0.25) is 5.95 Å². The first-order valence-electron chi connectivity index (χ1n) is 9.28. The Hall–Kier alpha value is -3.35. The molecular weight excluding hydrogens is 420 g/mol. The summed E-state index contributed by atoms with van der Waals surface area (Å²) in [6.07, 6.45) is 2.76. The second kappa shape index (κ2) is 8.98. The fourth-order valence-corrected chi connectivity index (χ4v) is 3.58. The second-order valence-corrected chi connectivity index (χ2v) is 7.91. The molecule has 0 saturated heterocycles. The number of aromatic nitrogens is 6. The van der Waals surface area contributed by atoms with Crippen molar-refractivity contribution in [3.8, 4) is 28.7 Å². The monoisotopic (exact) mass is 436 g/mol. The maximum Gasteiger partial charge on any atom is 0.223 e. The predicted molar refractivity (Wildman–Crippen MR) is 116 cm³/mol. The zero-order valence-electron chi connectivity index (χ0n) is 16.1. The van der Waals surface area contributed by atoms with E-state index >= 15 is 0 Å². The molecule has 3 aromatic heterocycles. The van der Waals surface area contributed by atoms with E-state index in [1.165, 1.54) is 11.3 Å². The summed E-state index contributed by atoms with van der Waals surface area (Å²) in [5, 5.41) is 22.8. The number of anilines is 1. The molecule has 150 valence electrons. The second-order valence-electron chi connectivity index (χ2n) is 6.47. The number of benzene rings is 1. The van der Waals surface area contributed by atoms with Crippen LogP contribution in [0.1, 0.15) is 24.6 Å². The van der Waals surface area contributed by atoms with Gasteiger partial charge in [0.1, 0.15) is 5.69 Å². The van der Waals surface area contributed by atoms with Gasteiger partial charge in [-0.1, -0.05) is 35.9 Å². The first-order valence-corrected chi connectivity index (χ1v) is 10.5. The van der Waals surface area contributed by atoms with Crippen molar-refractivity contribution in [3.63, 3.8) is 0 Å². The molecule has 4 rings (SSSR count). The SMILES string of the molecule is CCCNc1nc(-c2cccc(C#N)c2)cc(-c2cn(Cc3csc(Cl)n3)nn2)n1. The molecule has 0 aliphatic rings. The standard InChI is InChI=1S/C20H17ClN8S/c1-2-6-23-20-25-16(14-5-3-4-13(7-14)9-22)8-17(26-20)18-11-29(28-27-18)10-15-12-30-19(21)24-15/h3-5,7-8,11-12H,2,6,10H2,1H3,(H,23,25,26). The summed E-state index contributed by atoms with van der Waals surface area (Å²) < 4.78 is 2.19. The van der Waals surface area contributed by atoms with Crippen LogP contribution in [0.3, 0.4) is 0 Å². The zero-order chi connectivity index (χ0) is 20.9. The number of nitrogens with zero attached hydrogens (tertiary/aromatic N) is 7. The molecule has 10 heteroatoms. The molecule has 0 aliphatic heterocycles. The Balaban J connectivity index is 1.69. The van der Waals surface area contributed by atoms with Gasteiger partial charge in [0.25, 0.3) is 0 Å². The highest BCUT2D eigenvalue weighted by atomic mass is 35.5. The maximum absolute atomic E-state index is 9.21. The fraction of sp³-hybridized carbons (Fsp3) is 0.200. The highest BCUT2D eigenvalue weighted by Crippen LogP contribution is 2.25. The van der Waals surface area contributed by atoms with Gasteiger partial charge < -0.3 is 5.32 Å². The smallest absolute Gasteiger partial charge is 0.223 e. The topological polar surface area (TPSA) is 105 Å². The van der Waals surface area contributed by atoms with Crippen molar-refractivity contribution in [2.75, 3.05) is 11.9 Å².